The lowest BCUT2D eigenvalue weighted by atomic mass is 9.97. The lowest BCUT2D eigenvalue weighted by Gasteiger charge is -2.33. The highest BCUT2D eigenvalue weighted by molar-refractivity contribution is 7.89. The molecular weight excluding hydrogens is 482 g/mol. The second-order valence-electron chi connectivity index (χ2n) is 9.59. The Labute approximate surface area is 211 Å². The molecule has 2 aliphatic rings. The highest BCUT2D eigenvalue weighted by Gasteiger charge is 2.25. The number of aromatic nitrogens is 2. The summed E-state index contributed by atoms with van der Waals surface area (Å²) in [6.45, 7) is 5.81. The second kappa shape index (κ2) is 10.5. The minimum absolute atomic E-state index is 0.288. The summed E-state index contributed by atoms with van der Waals surface area (Å²) in [5, 5.41) is 3.14. The molecule has 0 amide bonds. The molecule has 3 aromatic rings. The molecular formula is C25H33N5O3S2. The first-order chi connectivity index (χ1) is 16.9. The monoisotopic (exact) mass is 515 g/mol. The molecule has 10 heteroatoms. The molecule has 0 bridgehead atoms. The van der Waals surface area contributed by atoms with E-state index in [2.05, 4.69) is 25.1 Å². The molecule has 8 nitrogen and oxygen atoms in total. The second-order valence-corrected chi connectivity index (χ2v) is 12.6. The summed E-state index contributed by atoms with van der Waals surface area (Å²) in [6.07, 6.45) is 6.40. The van der Waals surface area contributed by atoms with Crippen LogP contribution in [0.1, 0.15) is 25.7 Å². The third-order valence-electron chi connectivity index (χ3n) is 7.03. The van der Waals surface area contributed by atoms with Crippen LogP contribution in [0.5, 0.6) is 0 Å². The SMILES string of the molecule is CN(C)S(=O)(=O)c1ccc(-c2csc3ncnc(N4CCC(COCN5CCCC5)CC4)c23)cc1. The van der Waals surface area contributed by atoms with Crippen molar-refractivity contribution in [3.63, 3.8) is 0 Å². The summed E-state index contributed by atoms with van der Waals surface area (Å²) in [5.74, 6) is 1.55. The van der Waals surface area contributed by atoms with Crippen LogP contribution in [0.2, 0.25) is 0 Å². The van der Waals surface area contributed by atoms with Gasteiger partial charge in [0.25, 0.3) is 0 Å². The van der Waals surface area contributed by atoms with Crippen LogP contribution in [0, 0.1) is 5.92 Å². The molecule has 2 aliphatic heterocycles. The largest absolute Gasteiger partial charge is 0.366 e. The van der Waals surface area contributed by atoms with Crippen LogP contribution in [0.15, 0.2) is 40.9 Å². The average molecular weight is 516 g/mol. The zero-order chi connectivity index (χ0) is 24.4. The van der Waals surface area contributed by atoms with Gasteiger partial charge in [-0.1, -0.05) is 12.1 Å². The lowest BCUT2D eigenvalue weighted by Crippen LogP contribution is -2.36. The molecule has 0 aliphatic carbocycles. The summed E-state index contributed by atoms with van der Waals surface area (Å²) < 4.78 is 32.2. The van der Waals surface area contributed by atoms with Gasteiger partial charge in [-0.05, 0) is 49.3 Å². The first kappa shape index (κ1) is 24.6. The molecule has 188 valence electrons. The summed E-state index contributed by atoms with van der Waals surface area (Å²) in [7, 11) is -0.370. The van der Waals surface area contributed by atoms with Gasteiger partial charge in [-0.15, -0.1) is 11.3 Å². The normalized spacial score (nSPS) is 18.2. The number of fused-ring (bicyclic) bond motifs is 1. The minimum atomic E-state index is -3.46. The van der Waals surface area contributed by atoms with Gasteiger partial charge in [0.15, 0.2) is 0 Å². The number of sulfonamides is 1. The number of thiophene rings is 1. The zero-order valence-corrected chi connectivity index (χ0v) is 22.0. The van der Waals surface area contributed by atoms with E-state index in [9.17, 15) is 8.42 Å². The molecule has 2 fully saturated rings. The molecule has 0 saturated carbocycles. The number of hydrogen-bond donors (Lipinski definition) is 0. The summed E-state index contributed by atoms with van der Waals surface area (Å²) >= 11 is 1.60. The summed E-state index contributed by atoms with van der Waals surface area (Å²) in [5.41, 5.74) is 2.01. The molecule has 0 N–H and O–H groups in total. The van der Waals surface area contributed by atoms with Crippen molar-refractivity contribution in [2.24, 2.45) is 5.92 Å². The fourth-order valence-corrected chi connectivity index (χ4v) is 6.71. The van der Waals surface area contributed by atoms with Crippen LogP contribution in [0.4, 0.5) is 5.82 Å². The fraction of sp³-hybridized carbons (Fsp3) is 0.520. The van der Waals surface area contributed by atoms with E-state index in [-0.39, 0.29) is 4.90 Å². The van der Waals surface area contributed by atoms with E-state index in [1.54, 1.807) is 43.9 Å². The van der Waals surface area contributed by atoms with Gasteiger partial charge in [-0.25, -0.2) is 22.7 Å². The van der Waals surface area contributed by atoms with E-state index in [0.717, 1.165) is 66.4 Å². The quantitative estimate of drug-likeness (QED) is 0.450. The third-order valence-corrected chi connectivity index (χ3v) is 9.75. The Morgan fingerprint density at radius 1 is 1.06 bits per heavy atom. The number of benzene rings is 1. The molecule has 0 radical (unpaired) electrons. The highest BCUT2D eigenvalue weighted by Crippen LogP contribution is 2.39. The molecule has 0 atom stereocenters. The minimum Gasteiger partial charge on any atom is -0.366 e. The molecule has 35 heavy (non-hydrogen) atoms. The van der Waals surface area contributed by atoms with E-state index in [1.807, 2.05) is 12.1 Å². The molecule has 2 saturated heterocycles. The van der Waals surface area contributed by atoms with Crippen molar-refractivity contribution in [3.05, 3.63) is 36.0 Å². The summed E-state index contributed by atoms with van der Waals surface area (Å²) in [6, 6.07) is 7.09. The van der Waals surface area contributed by atoms with Crippen LogP contribution < -0.4 is 4.90 Å². The smallest absolute Gasteiger partial charge is 0.242 e. The van der Waals surface area contributed by atoms with Gasteiger partial charge in [-0.2, -0.15) is 0 Å². The topological polar surface area (TPSA) is 78.9 Å². The summed E-state index contributed by atoms with van der Waals surface area (Å²) in [4.78, 5) is 15.2. The van der Waals surface area contributed by atoms with Crippen LogP contribution in [0.25, 0.3) is 21.3 Å². The van der Waals surface area contributed by atoms with Crippen LogP contribution in [-0.4, -0.2) is 81.2 Å². The molecule has 0 unspecified atom stereocenters. The van der Waals surface area contributed by atoms with Gasteiger partial charge >= 0.3 is 0 Å². The standard InChI is InChI=1S/C25H33N5O3S2/c1-28(2)35(31,32)21-7-5-20(6-8-21)22-16-34-25-23(22)24(26-17-27-25)30-13-9-19(10-14-30)15-33-18-29-11-3-4-12-29/h5-8,16-17,19H,3-4,9-15,18H2,1-2H3. The zero-order valence-electron chi connectivity index (χ0n) is 20.4. The van der Waals surface area contributed by atoms with Crippen LogP contribution >= 0.6 is 11.3 Å². The van der Waals surface area contributed by atoms with E-state index < -0.39 is 10.0 Å². The molecule has 2 aromatic heterocycles. The molecule has 1 aromatic carbocycles. The van der Waals surface area contributed by atoms with Gasteiger partial charge in [0.1, 0.15) is 17.0 Å². The number of nitrogens with zero attached hydrogens (tertiary/aromatic N) is 5. The molecule has 5 rings (SSSR count). The first-order valence-electron chi connectivity index (χ1n) is 12.2. The molecule has 0 spiro atoms. The van der Waals surface area contributed by atoms with Crippen molar-refractivity contribution in [2.75, 3.05) is 58.5 Å². The van der Waals surface area contributed by atoms with Crippen molar-refractivity contribution in [2.45, 2.75) is 30.6 Å². The fourth-order valence-electron chi connectivity index (χ4n) is 4.90. The first-order valence-corrected chi connectivity index (χ1v) is 14.6. The predicted molar refractivity (Wildman–Crippen MR) is 140 cm³/mol. The van der Waals surface area contributed by atoms with Gasteiger partial charge in [0, 0.05) is 51.2 Å². The van der Waals surface area contributed by atoms with E-state index in [0.29, 0.717) is 5.92 Å². The number of hydrogen-bond acceptors (Lipinski definition) is 8. The number of ether oxygens (including phenoxy) is 1. The Morgan fingerprint density at radius 2 is 1.77 bits per heavy atom. The van der Waals surface area contributed by atoms with Crippen molar-refractivity contribution >= 4 is 37.4 Å². The molecule has 4 heterocycles. The average Bonchev–Trinajstić information content (AvgIpc) is 3.54. The van der Waals surface area contributed by atoms with Crippen LogP contribution in [-0.2, 0) is 14.8 Å². The number of rotatable bonds is 8. The van der Waals surface area contributed by atoms with Gasteiger partial charge < -0.3 is 9.64 Å². The van der Waals surface area contributed by atoms with E-state index >= 15 is 0 Å². The Kier molecular flexibility index (Phi) is 7.36. The number of piperidine rings is 1. The third kappa shape index (κ3) is 5.22. The lowest BCUT2D eigenvalue weighted by molar-refractivity contribution is 0.0175. The Bertz CT molecular complexity index is 1250. The van der Waals surface area contributed by atoms with E-state index in [1.165, 1.54) is 30.2 Å². The highest BCUT2D eigenvalue weighted by atomic mass is 32.2. The Hall–Kier alpha value is -2.11. The van der Waals surface area contributed by atoms with Gasteiger partial charge in [0.2, 0.25) is 10.0 Å². The van der Waals surface area contributed by atoms with Crippen molar-refractivity contribution in [1.82, 2.24) is 19.2 Å². The predicted octanol–water partition coefficient (Wildman–Crippen LogP) is 3.89. The Balaban J connectivity index is 1.30. The number of likely N-dealkylation sites (tertiary alicyclic amines) is 1. The maximum Gasteiger partial charge on any atom is 0.242 e. The maximum atomic E-state index is 12.5. The van der Waals surface area contributed by atoms with Crippen molar-refractivity contribution < 1.29 is 13.2 Å². The van der Waals surface area contributed by atoms with Crippen molar-refractivity contribution in [1.29, 1.82) is 0 Å². The maximum absolute atomic E-state index is 12.5. The van der Waals surface area contributed by atoms with E-state index in [4.69, 9.17) is 4.74 Å². The Morgan fingerprint density at radius 3 is 2.46 bits per heavy atom. The van der Waals surface area contributed by atoms with Gasteiger partial charge in [0.05, 0.1) is 23.6 Å². The van der Waals surface area contributed by atoms with Crippen molar-refractivity contribution in [3.8, 4) is 11.1 Å². The van der Waals surface area contributed by atoms with Crippen LogP contribution in [0.3, 0.4) is 0 Å². The number of anilines is 1. The van der Waals surface area contributed by atoms with Gasteiger partial charge in [-0.3, -0.25) is 4.90 Å².